The molecule has 1 heterocycles. The maximum atomic E-state index is 12.1. The van der Waals surface area contributed by atoms with Crippen LogP contribution in [0.5, 0.6) is 5.75 Å². The Morgan fingerprint density at radius 1 is 1.00 bits per heavy atom. The summed E-state index contributed by atoms with van der Waals surface area (Å²) in [5, 5.41) is 13.2. The van der Waals surface area contributed by atoms with Crippen LogP contribution >= 0.6 is 23.1 Å². The van der Waals surface area contributed by atoms with Gasteiger partial charge in [-0.05, 0) is 23.3 Å². The van der Waals surface area contributed by atoms with E-state index in [9.17, 15) is 4.79 Å². The van der Waals surface area contributed by atoms with Gasteiger partial charge in [-0.1, -0.05) is 95.9 Å². The van der Waals surface area contributed by atoms with E-state index in [2.05, 4.69) is 20.7 Å². The van der Waals surface area contributed by atoms with Crippen molar-refractivity contribution in [3.8, 4) is 16.3 Å². The van der Waals surface area contributed by atoms with Gasteiger partial charge in [0, 0.05) is 5.56 Å². The number of hydrazone groups is 1. The number of rotatable bonds is 9. The minimum atomic E-state index is -0.209. The largest absolute Gasteiger partial charge is 0.489 e. The molecule has 0 atom stereocenters. The molecule has 0 aliphatic rings. The van der Waals surface area contributed by atoms with Crippen molar-refractivity contribution in [2.45, 2.75) is 10.9 Å². The van der Waals surface area contributed by atoms with Crippen molar-refractivity contribution in [2.24, 2.45) is 5.10 Å². The van der Waals surface area contributed by atoms with Gasteiger partial charge in [-0.25, -0.2) is 5.43 Å². The van der Waals surface area contributed by atoms with Crippen molar-refractivity contribution in [1.29, 1.82) is 0 Å². The molecule has 0 bridgehead atoms. The molecule has 1 N–H and O–H groups in total. The van der Waals surface area contributed by atoms with Crippen LogP contribution in [0.1, 0.15) is 11.1 Å². The van der Waals surface area contributed by atoms with Crippen molar-refractivity contribution in [2.75, 3.05) is 5.75 Å². The third kappa shape index (κ3) is 6.50. The molecule has 4 rings (SSSR count). The maximum Gasteiger partial charge on any atom is 0.250 e. The highest BCUT2D eigenvalue weighted by Gasteiger charge is 2.09. The Morgan fingerprint density at radius 2 is 1.78 bits per heavy atom. The normalized spacial score (nSPS) is 10.9. The fourth-order valence-corrected chi connectivity index (χ4v) is 4.38. The molecule has 0 unspecified atom stereocenters. The topological polar surface area (TPSA) is 76.5 Å². The maximum absolute atomic E-state index is 12.1. The highest BCUT2D eigenvalue weighted by atomic mass is 32.2. The lowest BCUT2D eigenvalue weighted by atomic mass is 10.2. The quantitative estimate of drug-likeness (QED) is 0.215. The van der Waals surface area contributed by atoms with Crippen LogP contribution in [-0.4, -0.2) is 28.1 Å². The second-order valence-corrected chi connectivity index (χ2v) is 8.87. The number of benzene rings is 3. The van der Waals surface area contributed by atoms with Gasteiger partial charge in [-0.2, -0.15) is 5.10 Å². The Morgan fingerprint density at radius 3 is 2.59 bits per heavy atom. The summed E-state index contributed by atoms with van der Waals surface area (Å²) >= 11 is 2.80. The van der Waals surface area contributed by atoms with Gasteiger partial charge in [0.25, 0.3) is 5.91 Å². The van der Waals surface area contributed by atoms with E-state index < -0.39 is 0 Å². The van der Waals surface area contributed by atoms with Gasteiger partial charge in [-0.15, -0.1) is 10.2 Å². The molecule has 0 spiro atoms. The first-order valence-electron chi connectivity index (χ1n) is 9.87. The molecule has 0 saturated heterocycles. The lowest BCUT2D eigenvalue weighted by molar-refractivity contribution is -0.118. The predicted octanol–water partition coefficient (Wildman–Crippen LogP) is 5.03. The Hall–Kier alpha value is -3.49. The van der Waals surface area contributed by atoms with Crippen molar-refractivity contribution in [1.82, 2.24) is 15.6 Å². The van der Waals surface area contributed by atoms with E-state index in [1.807, 2.05) is 84.9 Å². The van der Waals surface area contributed by atoms with E-state index in [0.29, 0.717) is 6.61 Å². The first-order valence-corrected chi connectivity index (χ1v) is 11.7. The second-order valence-electron chi connectivity index (χ2n) is 6.67. The molecule has 8 heteroatoms. The van der Waals surface area contributed by atoms with Gasteiger partial charge < -0.3 is 4.74 Å². The molecule has 1 aromatic heterocycles. The summed E-state index contributed by atoms with van der Waals surface area (Å²) in [5.41, 5.74) is 5.49. The van der Waals surface area contributed by atoms with E-state index in [0.717, 1.165) is 31.8 Å². The summed E-state index contributed by atoms with van der Waals surface area (Å²) in [5.74, 6) is 0.741. The molecule has 160 valence electrons. The van der Waals surface area contributed by atoms with Crippen molar-refractivity contribution >= 4 is 35.2 Å². The van der Waals surface area contributed by atoms with Crippen molar-refractivity contribution in [3.63, 3.8) is 0 Å². The molecule has 3 aromatic carbocycles. The number of aromatic nitrogens is 2. The molecule has 0 aliphatic carbocycles. The fourth-order valence-electron chi connectivity index (χ4n) is 2.73. The predicted molar refractivity (Wildman–Crippen MR) is 129 cm³/mol. The van der Waals surface area contributed by atoms with Gasteiger partial charge in [-0.3, -0.25) is 4.79 Å². The standard InChI is InChI=1S/C24H20N4O2S2/c29-22(17-31-24-28-27-23(32-24)20-11-5-2-6-12-20)26-25-15-19-10-7-13-21(14-19)30-16-18-8-3-1-4-9-18/h1-15H,16-17H2,(H,26,29). The molecule has 1 amide bonds. The fraction of sp³-hybridized carbons (Fsp3) is 0.0833. The van der Waals surface area contributed by atoms with E-state index in [-0.39, 0.29) is 11.7 Å². The summed E-state index contributed by atoms with van der Waals surface area (Å²) in [6.45, 7) is 0.493. The van der Waals surface area contributed by atoms with Crippen molar-refractivity contribution < 1.29 is 9.53 Å². The number of nitrogens with zero attached hydrogens (tertiary/aromatic N) is 3. The first-order chi connectivity index (χ1) is 15.8. The number of thioether (sulfide) groups is 1. The minimum absolute atomic E-state index is 0.209. The van der Waals surface area contributed by atoms with Gasteiger partial charge in [0.1, 0.15) is 17.4 Å². The van der Waals surface area contributed by atoms with E-state index in [1.165, 1.54) is 23.1 Å². The molecular formula is C24H20N4O2S2. The average molecular weight is 461 g/mol. The van der Waals surface area contributed by atoms with Crippen LogP contribution in [0.4, 0.5) is 0 Å². The van der Waals surface area contributed by atoms with Crippen LogP contribution in [0, 0.1) is 0 Å². The first kappa shape index (κ1) is 21.7. The molecule has 0 aliphatic heterocycles. The van der Waals surface area contributed by atoms with E-state index >= 15 is 0 Å². The number of amides is 1. The van der Waals surface area contributed by atoms with Gasteiger partial charge >= 0.3 is 0 Å². The van der Waals surface area contributed by atoms with Crippen LogP contribution in [0.15, 0.2) is 94.4 Å². The van der Waals surface area contributed by atoms with Crippen LogP contribution in [0.2, 0.25) is 0 Å². The van der Waals surface area contributed by atoms with E-state index in [1.54, 1.807) is 6.21 Å². The van der Waals surface area contributed by atoms with Gasteiger partial charge in [0.2, 0.25) is 0 Å². The molecule has 4 aromatic rings. The Labute approximate surface area is 194 Å². The van der Waals surface area contributed by atoms with E-state index in [4.69, 9.17) is 4.74 Å². The van der Waals surface area contributed by atoms with Crippen LogP contribution < -0.4 is 10.2 Å². The molecular weight excluding hydrogens is 440 g/mol. The van der Waals surface area contributed by atoms with Gasteiger partial charge in [0.05, 0.1) is 12.0 Å². The van der Waals surface area contributed by atoms with Crippen LogP contribution in [0.3, 0.4) is 0 Å². The number of ether oxygens (including phenoxy) is 1. The molecule has 0 radical (unpaired) electrons. The number of hydrogen-bond donors (Lipinski definition) is 1. The monoisotopic (exact) mass is 460 g/mol. The lowest BCUT2D eigenvalue weighted by Gasteiger charge is -2.06. The molecule has 0 saturated carbocycles. The Kier molecular flexibility index (Phi) is 7.62. The zero-order valence-corrected chi connectivity index (χ0v) is 18.7. The number of nitrogens with one attached hydrogen (secondary N) is 1. The molecule has 6 nitrogen and oxygen atoms in total. The summed E-state index contributed by atoms with van der Waals surface area (Å²) in [6, 6.07) is 27.4. The molecule has 0 fully saturated rings. The SMILES string of the molecule is O=C(CSc1nnc(-c2ccccc2)s1)NN=Cc1cccc(OCc2ccccc2)c1. The summed E-state index contributed by atoms with van der Waals surface area (Å²) in [4.78, 5) is 12.1. The lowest BCUT2D eigenvalue weighted by Crippen LogP contribution is -2.19. The van der Waals surface area contributed by atoms with Crippen molar-refractivity contribution in [3.05, 3.63) is 96.1 Å². The van der Waals surface area contributed by atoms with Gasteiger partial charge in [0.15, 0.2) is 4.34 Å². The molecule has 32 heavy (non-hydrogen) atoms. The zero-order valence-electron chi connectivity index (χ0n) is 17.0. The summed E-state index contributed by atoms with van der Waals surface area (Å²) < 4.78 is 6.56. The third-order valence-corrected chi connectivity index (χ3v) is 6.37. The number of hydrogen-bond acceptors (Lipinski definition) is 7. The summed E-state index contributed by atoms with van der Waals surface area (Å²) in [6.07, 6.45) is 1.59. The average Bonchev–Trinajstić information content (AvgIpc) is 3.32. The minimum Gasteiger partial charge on any atom is -0.489 e. The van der Waals surface area contributed by atoms with Crippen LogP contribution in [-0.2, 0) is 11.4 Å². The smallest absolute Gasteiger partial charge is 0.250 e. The number of carbonyl (C=O) groups is 1. The van der Waals surface area contributed by atoms with Crippen LogP contribution in [0.25, 0.3) is 10.6 Å². The highest BCUT2D eigenvalue weighted by Crippen LogP contribution is 2.28. The third-order valence-electron chi connectivity index (χ3n) is 4.26. The highest BCUT2D eigenvalue weighted by molar-refractivity contribution is 8.01. The summed E-state index contributed by atoms with van der Waals surface area (Å²) in [7, 11) is 0. The number of carbonyl (C=O) groups excluding carboxylic acids is 1. The Balaban J connectivity index is 1.23. The zero-order chi connectivity index (χ0) is 22.0. The Bertz CT molecular complexity index is 1180. The second kappa shape index (κ2) is 11.2.